The largest absolute Gasteiger partial charge is 0.390 e. The summed E-state index contributed by atoms with van der Waals surface area (Å²) in [6.45, 7) is 2.76. The molecule has 0 aromatic carbocycles. The highest BCUT2D eigenvalue weighted by Gasteiger charge is 2.33. The van der Waals surface area contributed by atoms with E-state index in [1.165, 1.54) is 6.42 Å². The van der Waals surface area contributed by atoms with E-state index in [-0.39, 0.29) is 12.1 Å². The Bertz CT molecular complexity index is 242. The van der Waals surface area contributed by atoms with Gasteiger partial charge in [0.15, 0.2) is 0 Å². The van der Waals surface area contributed by atoms with Crippen LogP contribution in [0.2, 0.25) is 0 Å². The number of rotatable bonds is 4. The Morgan fingerprint density at radius 3 is 2.59 bits per heavy atom. The quantitative estimate of drug-likeness (QED) is 0.833. The fraction of sp³-hybridized carbons (Fsp3) is 1.00. The lowest BCUT2D eigenvalue weighted by Gasteiger charge is -2.39. The Balaban J connectivity index is 2.36. The lowest BCUT2D eigenvalue weighted by Crippen LogP contribution is -2.52. The molecule has 1 saturated carbocycles. The zero-order chi connectivity index (χ0) is 13.1. The second-order valence-electron chi connectivity index (χ2n) is 5.67. The van der Waals surface area contributed by atoms with Crippen molar-refractivity contribution in [2.24, 2.45) is 11.7 Å². The summed E-state index contributed by atoms with van der Waals surface area (Å²) in [4.78, 5) is 1.71. The fourth-order valence-corrected chi connectivity index (χ4v) is 2.78. The SMILES string of the molecule is CC1CCCC(N)(CN(C)CCC(F)(F)F)C1. The van der Waals surface area contributed by atoms with Gasteiger partial charge in [-0.2, -0.15) is 13.2 Å². The highest BCUT2D eigenvalue weighted by molar-refractivity contribution is 4.91. The highest BCUT2D eigenvalue weighted by Crippen LogP contribution is 2.31. The zero-order valence-electron chi connectivity index (χ0n) is 10.7. The summed E-state index contributed by atoms with van der Waals surface area (Å²) < 4.78 is 36.3. The predicted molar refractivity (Wildman–Crippen MR) is 62.7 cm³/mol. The molecule has 2 N–H and O–H groups in total. The van der Waals surface area contributed by atoms with Gasteiger partial charge < -0.3 is 10.6 Å². The van der Waals surface area contributed by atoms with Gasteiger partial charge in [-0.25, -0.2) is 0 Å². The van der Waals surface area contributed by atoms with Gasteiger partial charge in [-0.3, -0.25) is 0 Å². The number of alkyl halides is 3. The maximum Gasteiger partial charge on any atom is 0.390 e. The van der Waals surface area contributed by atoms with E-state index in [1.54, 1.807) is 11.9 Å². The molecule has 1 rings (SSSR count). The third-order valence-electron chi connectivity index (χ3n) is 3.49. The third-order valence-corrected chi connectivity index (χ3v) is 3.49. The van der Waals surface area contributed by atoms with Crippen molar-refractivity contribution in [1.29, 1.82) is 0 Å². The van der Waals surface area contributed by atoms with E-state index < -0.39 is 12.6 Å². The molecule has 0 heterocycles. The molecule has 2 nitrogen and oxygen atoms in total. The van der Waals surface area contributed by atoms with E-state index >= 15 is 0 Å². The van der Waals surface area contributed by atoms with Gasteiger partial charge >= 0.3 is 6.18 Å². The summed E-state index contributed by atoms with van der Waals surface area (Å²) in [6, 6.07) is 0. The lowest BCUT2D eigenvalue weighted by molar-refractivity contribution is -0.137. The Kier molecular flexibility index (Phi) is 4.84. The Morgan fingerprint density at radius 1 is 1.41 bits per heavy atom. The second-order valence-corrected chi connectivity index (χ2v) is 5.67. The standard InChI is InChI=1S/C12H23F3N2/c1-10-4-3-5-11(16,8-10)9-17(2)7-6-12(13,14)15/h10H,3-9,16H2,1-2H3. The Labute approximate surface area is 101 Å². The van der Waals surface area contributed by atoms with E-state index in [0.29, 0.717) is 12.5 Å². The molecule has 1 aliphatic rings. The molecule has 17 heavy (non-hydrogen) atoms. The lowest BCUT2D eigenvalue weighted by atomic mass is 9.77. The van der Waals surface area contributed by atoms with Gasteiger partial charge in [0.25, 0.3) is 0 Å². The minimum Gasteiger partial charge on any atom is -0.324 e. The number of halogens is 3. The number of hydrogen-bond acceptors (Lipinski definition) is 2. The van der Waals surface area contributed by atoms with Crippen LogP contribution in [0.1, 0.15) is 39.0 Å². The van der Waals surface area contributed by atoms with Crippen molar-refractivity contribution in [2.75, 3.05) is 20.1 Å². The van der Waals surface area contributed by atoms with Crippen LogP contribution in [0.15, 0.2) is 0 Å². The van der Waals surface area contributed by atoms with Crippen molar-refractivity contribution < 1.29 is 13.2 Å². The molecule has 0 amide bonds. The van der Waals surface area contributed by atoms with Crippen molar-refractivity contribution in [3.05, 3.63) is 0 Å². The number of hydrogen-bond donors (Lipinski definition) is 1. The fourth-order valence-electron chi connectivity index (χ4n) is 2.78. The van der Waals surface area contributed by atoms with Crippen molar-refractivity contribution in [2.45, 2.75) is 50.7 Å². The molecule has 0 aromatic rings. The molecular weight excluding hydrogens is 229 g/mol. The van der Waals surface area contributed by atoms with Crippen molar-refractivity contribution in [3.63, 3.8) is 0 Å². The summed E-state index contributed by atoms with van der Waals surface area (Å²) in [7, 11) is 1.72. The third kappa shape index (κ3) is 5.73. The van der Waals surface area contributed by atoms with Gasteiger partial charge in [-0.1, -0.05) is 19.8 Å². The van der Waals surface area contributed by atoms with Gasteiger partial charge in [0.05, 0.1) is 6.42 Å². The maximum atomic E-state index is 12.1. The second kappa shape index (κ2) is 5.57. The summed E-state index contributed by atoms with van der Waals surface area (Å²) in [5.74, 6) is 0.588. The van der Waals surface area contributed by atoms with Crippen molar-refractivity contribution in [3.8, 4) is 0 Å². The molecule has 0 aromatic heterocycles. The highest BCUT2D eigenvalue weighted by atomic mass is 19.4. The summed E-state index contributed by atoms with van der Waals surface area (Å²) in [5, 5.41) is 0. The van der Waals surface area contributed by atoms with Gasteiger partial charge in [0, 0.05) is 18.6 Å². The number of likely N-dealkylation sites (N-methyl/N-ethyl adjacent to an activating group) is 1. The number of nitrogens with zero attached hydrogens (tertiary/aromatic N) is 1. The minimum atomic E-state index is -4.07. The first-order valence-electron chi connectivity index (χ1n) is 6.24. The molecule has 5 heteroatoms. The average Bonchev–Trinajstić information content (AvgIpc) is 2.12. The van der Waals surface area contributed by atoms with Crippen LogP contribution in [-0.4, -0.2) is 36.8 Å². The Morgan fingerprint density at radius 2 is 2.06 bits per heavy atom. The monoisotopic (exact) mass is 252 g/mol. The minimum absolute atomic E-state index is 0.0385. The normalized spacial score (nSPS) is 30.9. The van der Waals surface area contributed by atoms with Crippen LogP contribution >= 0.6 is 0 Å². The average molecular weight is 252 g/mol. The summed E-state index contributed by atoms with van der Waals surface area (Å²) in [5.41, 5.74) is 5.97. The molecule has 0 saturated heterocycles. The van der Waals surface area contributed by atoms with Crippen LogP contribution in [-0.2, 0) is 0 Å². The van der Waals surface area contributed by atoms with Crippen LogP contribution in [0.25, 0.3) is 0 Å². The zero-order valence-corrected chi connectivity index (χ0v) is 10.7. The molecule has 2 unspecified atom stereocenters. The molecule has 1 fully saturated rings. The van der Waals surface area contributed by atoms with Crippen LogP contribution in [0, 0.1) is 5.92 Å². The van der Waals surface area contributed by atoms with E-state index in [9.17, 15) is 13.2 Å². The molecule has 0 aliphatic heterocycles. The molecule has 102 valence electrons. The first-order valence-corrected chi connectivity index (χ1v) is 6.24. The van der Waals surface area contributed by atoms with E-state index in [2.05, 4.69) is 6.92 Å². The summed E-state index contributed by atoms with van der Waals surface area (Å²) >= 11 is 0. The topological polar surface area (TPSA) is 29.3 Å². The molecule has 0 radical (unpaired) electrons. The first-order chi connectivity index (χ1) is 7.70. The van der Waals surface area contributed by atoms with Crippen LogP contribution in [0.3, 0.4) is 0 Å². The Hall–Kier alpha value is -0.290. The summed E-state index contributed by atoms with van der Waals surface area (Å²) in [6.07, 6.45) is -0.710. The molecular formula is C12H23F3N2. The first kappa shape index (κ1) is 14.8. The van der Waals surface area contributed by atoms with Crippen LogP contribution in [0.4, 0.5) is 13.2 Å². The van der Waals surface area contributed by atoms with E-state index in [4.69, 9.17) is 5.73 Å². The molecule has 2 atom stereocenters. The van der Waals surface area contributed by atoms with Gasteiger partial charge in [0.1, 0.15) is 0 Å². The maximum absolute atomic E-state index is 12.1. The predicted octanol–water partition coefficient (Wildman–Crippen LogP) is 2.78. The molecule has 0 spiro atoms. The van der Waals surface area contributed by atoms with Crippen molar-refractivity contribution >= 4 is 0 Å². The smallest absolute Gasteiger partial charge is 0.324 e. The molecule has 1 aliphatic carbocycles. The van der Waals surface area contributed by atoms with Gasteiger partial charge in [0.2, 0.25) is 0 Å². The van der Waals surface area contributed by atoms with Crippen LogP contribution < -0.4 is 5.73 Å². The van der Waals surface area contributed by atoms with Crippen molar-refractivity contribution in [1.82, 2.24) is 4.90 Å². The van der Waals surface area contributed by atoms with Crippen LogP contribution in [0.5, 0.6) is 0 Å². The van der Waals surface area contributed by atoms with E-state index in [1.807, 2.05) is 0 Å². The number of nitrogens with two attached hydrogens (primary N) is 1. The molecule has 0 bridgehead atoms. The van der Waals surface area contributed by atoms with Gasteiger partial charge in [-0.05, 0) is 25.8 Å². The van der Waals surface area contributed by atoms with E-state index in [0.717, 1.165) is 19.3 Å². The van der Waals surface area contributed by atoms with Gasteiger partial charge in [-0.15, -0.1) is 0 Å².